The second-order valence-corrected chi connectivity index (χ2v) is 5.70. The molecule has 118 valence electrons. The van der Waals surface area contributed by atoms with Crippen LogP contribution in [0.15, 0.2) is 12.1 Å². The first-order valence-electron chi connectivity index (χ1n) is 7.76. The average molecular weight is 297 g/mol. The molecule has 1 aromatic carbocycles. The van der Waals surface area contributed by atoms with Crippen molar-refractivity contribution in [3.8, 4) is 0 Å². The van der Waals surface area contributed by atoms with E-state index in [1.165, 1.54) is 12.1 Å². The molecule has 0 aromatic heterocycles. The van der Waals surface area contributed by atoms with E-state index < -0.39 is 11.6 Å². The molecule has 0 amide bonds. The first-order valence-corrected chi connectivity index (χ1v) is 7.76. The van der Waals surface area contributed by atoms with E-state index in [9.17, 15) is 8.78 Å². The van der Waals surface area contributed by atoms with Gasteiger partial charge in [-0.05, 0) is 37.1 Å². The van der Waals surface area contributed by atoms with Crippen LogP contribution in [0.3, 0.4) is 0 Å². The maximum atomic E-state index is 14.3. The highest BCUT2D eigenvalue weighted by Gasteiger charge is 2.22. The fraction of sp³-hybridized carbons (Fsp3) is 0.625. The van der Waals surface area contributed by atoms with Gasteiger partial charge < -0.3 is 15.5 Å². The lowest BCUT2D eigenvalue weighted by Crippen LogP contribution is -2.46. The SMILES string of the molecule is CCC(N)Cc1cc(F)c(N2CCN(CC)CC2)c(F)c1. The minimum absolute atomic E-state index is 0.0530. The van der Waals surface area contributed by atoms with Crippen molar-refractivity contribution in [2.75, 3.05) is 37.6 Å². The Morgan fingerprint density at radius 2 is 1.67 bits per heavy atom. The largest absolute Gasteiger partial charge is 0.364 e. The Balaban J connectivity index is 2.14. The maximum absolute atomic E-state index is 14.3. The predicted octanol–water partition coefficient (Wildman–Crippen LogP) is 2.39. The molecule has 0 aliphatic carbocycles. The Kier molecular flexibility index (Phi) is 5.53. The molecular weight excluding hydrogens is 272 g/mol. The summed E-state index contributed by atoms with van der Waals surface area (Å²) in [6.45, 7) is 8.06. The first kappa shape index (κ1) is 16.2. The molecule has 1 heterocycles. The third kappa shape index (κ3) is 3.92. The molecule has 1 saturated heterocycles. The monoisotopic (exact) mass is 297 g/mol. The molecule has 1 aliphatic rings. The summed E-state index contributed by atoms with van der Waals surface area (Å²) < 4.78 is 28.6. The second kappa shape index (κ2) is 7.18. The minimum atomic E-state index is -0.474. The summed E-state index contributed by atoms with van der Waals surface area (Å²) in [5.74, 6) is -0.948. The van der Waals surface area contributed by atoms with Crippen LogP contribution in [-0.2, 0) is 6.42 Å². The molecule has 1 atom stereocenters. The van der Waals surface area contributed by atoms with E-state index in [4.69, 9.17) is 5.73 Å². The summed E-state index contributed by atoms with van der Waals surface area (Å²) >= 11 is 0. The minimum Gasteiger partial charge on any atom is -0.364 e. The van der Waals surface area contributed by atoms with Crippen molar-refractivity contribution in [3.05, 3.63) is 29.3 Å². The van der Waals surface area contributed by atoms with E-state index in [-0.39, 0.29) is 11.7 Å². The zero-order valence-corrected chi connectivity index (χ0v) is 12.9. The molecule has 1 aromatic rings. The van der Waals surface area contributed by atoms with Crippen LogP contribution in [0.25, 0.3) is 0 Å². The van der Waals surface area contributed by atoms with Crippen molar-refractivity contribution in [2.45, 2.75) is 32.7 Å². The normalized spacial score (nSPS) is 18.0. The van der Waals surface area contributed by atoms with Gasteiger partial charge in [-0.3, -0.25) is 0 Å². The van der Waals surface area contributed by atoms with Gasteiger partial charge in [0.1, 0.15) is 17.3 Å². The van der Waals surface area contributed by atoms with Gasteiger partial charge in [0.2, 0.25) is 0 Å². The molecule has 2 N–H and O–H groups in total. The number of rotatable bonds is 5. The number of nitrogens with two attached hydrogens (primary N) is 1. The zero-order chi connectivity index (χ0) is 15.4. The predicted molar refractivity (Wildman–Crippen MR) is 82.7 cm³/mol. The first-order chi connectivity index (χ1) is 10.0. The summed E-state index contributed by atoms with van der Waals surface area (Å²) in [6, 6.07) is 2.81. The Morgan fingerprint density at radius 1 is 1.10 bits per heavy atom. The van der Waals surface area contributed by atoms with E-state index in [2.05, 4.69) is 11.8 Å². The lowest BCUT2D eigenvalue weighted by molar-refractivity contribution is 0.269. The van der Waals surface area contributed by atoms with Gasteiger partial charge in [-0.25, -0.2) is 8.78 Å². The molecule has 5 heteroatoms. The van der Waals surface area contributed by atoms with Crippen molar-refractivity contribution in [3.63, 3.8) is 0 Å². The average Bonchev–Trinajstić information content (AvgIpc) is 2.47. The number of benzene rings is 1. The number of hydrogen-bond donors (Lipinski definition) is 1. The Bertz CT molecular complexity index is 448. The van der Waals surface area contributed by atoms with Crippen molar-refractivity contribution in [2.24, 2.45) is 5.73 Å². The number of hydrogen-bond acceptors (Lipinski definition) is 3. The third-order valence-corrected chi connectivity index (χ3v) is 4.23. The second-order valence-electron chi connectivity index (χ2n) is 5.70. The Morgan fingerprint density at radius 3 is 2.14 bits per heavy atom. The number of halogens is 2. The standard InChI is InChI=1S/C16H25F2N3/c1-3-13(19)9-12-10-14(17)16(15(18)11-12)21-7-5-20(4-2)6-8-21/h10-11,13H,3-9,19H2,1-2H3. The van der Waals surface area contributed by atoms with Crippen LogP contribution >= 0.6 is 0 Å². The highest BCUT2D eigenvalue weighted by atomic mass is 19.1. The molecule has 0 spiro atoms. The van der Waals surface area contributed by atoms with Crippen LogP contribution in [0, 0.1) is 11.6 Å². The van der Waals surface area contributed by atoms with Gasteiger partial charge in [0.15, 0.2) is 0 Å². The topological polar surface area (TPSA) is 32.5 Å². The van der Waals surface area contributed by atoms with Crippen LogP contribution in [0.5, 0.6) is 0 Å². The summed E-state index contributed by atoms with van der Waals surface area (Å²) in [7, 11) is 0. The fourth-order valence-corrected chi connectivity index (χ4v) is 2.77. The number of anilines is 1. The van der Waals surface area contributed by atoms with E-state index in [1.807, 2.05) is 6.92 Å². The molecule has 21 heavy (non-hydrogen) atoms. The van der Waals surface area contributed by atoms with Gasteiger partial charge in [-0.15, -0.1) is 0 Å². The summed E-state index contributed by atoms with van der Waals surface area (Å²) in [6.07, 6.45) is 1.30. The zero-order valence-electron chi connectivity index (χ0n) is 12.9. The summed E-state index contributed by atoms with van der Waals surface area (Å²) in [4.78, 5) is 4.08. The highest BCUT2D eigenvalue weighted by molar-refractivity contribution is 5.51. The van der Waals surface area contributed by atoms with Gasteiger partial charge in [0.25, 0.3) is 0 Å². The van der Waals surface area contributed by atoms with Gasteiger partial charge >= 0.3 is 0 Å². The molecule has 0 bridgehead atoms. The van der Waals surface area contributed by atoms with Gasteiger partial charge in [0, 0.05) is 32.2 Å². The Hall–Kier alpha value is -1.20. The van der Waals surface area contributed by atoms with Crippen molar-refractivity contribution in [1.82, 2.24) is 4.90 Å². The van der Waals surface area contributed by atoms with Crippen molar-refractivity contribution < 1.29 is 8.78 Å². The van der Waals surface area contributed by atoms with Crippen LogP contribution < -0.4 is 10.6 Å². The van der Waals surface area contributed by atoms with E-state index >= 15 is 0 Å². The summed E-state index contributed by atoms with van der Waals surface area (Å²) in [5.41, 5.74) is 6.60. The smallest absolute Gasteiger partial charge is 0.149 e. The number of piperazine rings is 1. The van der Waals surface area contributed by atoms with Gasteiger partial charge in [-0.1, -0.05) is 13.8 Å². The molecular formula is C16H25F2N3. The molecule has 0 radical (unpaired) electrons. The fourth-order valence-electron chi connectivity index (χ4n) is 2.77. The molecule has 3 nitrogen and oxygen atoms in total. The number of nitrogens with zero attached hydrogens (tertiary/aromatic N) is 2. The van der Waals surface area contributed by atoms with Gasteiger partial charge in [0.05, 0.1) is 0 Å². The van der Waals surface area contributed by atoms with Gasteiger partial charge in [-0.2, -0.15) is 0 Å². The quantitative estimate of drug-likeness (QED) is 0.906. The lowest BCUT2D eigenvalue weighted by atomic mass is 10.0. The highest BCUT2D eigenvalue weighted by Crippen LogP contribution is 2.26. The Labute approximate surface area is 125 Å². The van der Waals surface area contributed by atoms with E-state index in [0.717, 1.165) is 26.1 Å². The molecule has 1 unspecified atom stereocenters. The third-order valence-electron chi connectivity index (χ3n) is 4.23. The lowest BCUT2D eigenvalue weighted by Gasteiger charge is -2.35. The van der Waals surface area contributed by atoms with Crippen LogP contribution in [0.1, 0.15) is 25.8 Å². The number of likely N-dealkylation sites (N-methyl/N-ethyl adjacent to an activating group) is 1. The molecule has 1 fully saturated rings. The van der Waals surface area contributed by atoms with Crippen molar-refractivity contribution >= 4 is 5.69 Å². The molecule has 1 aliphatic heterocycles. The summed E-state index contributed by atoms with van der Waals surface area (Å²) in [5, 5.41) is 0. The molecule has 2 rings (SSSR count). The van der Waals surface area contributed by atoms with Crippen LogP contribution in [0.4, 0.5) is 14.5 Å². The van der Waals surface area contributed by atoms with Crippen LogP contribution in [-0.4, -0.2) is 43.7 Å². The van der Waals surface area contributed by atoms with E-state index in [0.29, 0.717) is 25.1 Å². The van der Waals surface area contributed by atoms with E-state index in [1.54, 1.807) is 4.90 Å². The van der Waals surface area contributed by atoms with Crippen LogP contribution in [0.2, 0.25) is 0 Å². The molecule has 0 saturated carbocycles. The maximum Gasteiger partial charge on any atom is 0.149 e. The van der Waals surface area contributed by atoms with Crippen molar-refractivity contribution in [1.29, 1.82) is 0 Å².